The second kappa shape index (κ2) is 6.23. The highest BCUT2D eigenvalue weighted by Gasteiger charge is 2.23. The van der Waals surface area contributed by atoms with Crippen molar-refractivity contribution >= 4 is 27.7 Å². The molecule has 1 N–H and O–H groups in total. The van der Waals surface area contributed by atoms with E-state index in [2.05, 4.69) is 31.2 Å². The molecule has 112 valence electrons. The molecule has 1 aromatic carbocycles. The minimum atomic E-state index is -0.256. The van der Waals surface area contributed by atoms with Gasteiger partial charge in [0.05, 0.1) is 12.2 Å². The highest BCUT2D eigenvalue weighted by molar-refractivity contribution is 9.10. The van der Waals surface area contributed by atoms with E-state index >= 15 is 0 Å². The minimum absolute atomic E-state index is 0.0645. The molecule has 0 unspecified atom stereocenters. The van der Waals surface area contributed by atoms with Crippen molar-refractivity contribution in [3.05, 3.63) is 46.8 Å². The largest absolute Gasteiger partial charge is 0.353 e. The lowest BCUT2D eigenvalue weighted by Gasteiger charge is -2.26. The predicted molar refractivity (Wildman–Crippen MR) is 84.1 cm³/mol. The summed E-state index contributed by atoms with van der Waals surface area (Å²) in [5, 5.41) is 2.69. The monoisotopic (exact) mass is 360 g/mol. The number of piperazine rings is 1. The Morgan fingerprint density at radius 3 is 2.91 bits per heavy atom. The summed E-state index contributed by atoms with van der Waals surface area (Å²) in [6, 6.07) is 9.30. The third-order valence-corrected chi connectivity index (χ3v) is 3.83. The highest BCUT2D eigenvalue weighted by Crippen LogP contribution is 2.21. The van der Waals surface area contributed by atoms with Crippen LogP contribution in [-0.2, 0) is 4.79 Å². The summed E-state index contributed by atoms with van der Waals surface area (Å²) in [6.45, 7) is 1.02. The fourth-order valence-corrected chi connectivity index (χ4v) is 2.65. The topological polar surface area (TPSA) is 75.2 Å². The molecule has 0 aliphatic carbocycles. The van der Waals surface area contributed by atoms with Gasteiger partial charge in [0.25, 0.3) is 5.91 Å². The average Bonchev–Trinajstić information content (AvgIpc) is 2.54. The van der Waals surface area contributed by atoms with Gasteiger partial charge in [-0.15, -0.1) is 0 Å². The second-order valence-electron chi connectivity index (χ2n) is 4.88. The van der Waals surface area contributed by atoms with Crippen LogP contribution in [-0.4, -0.2) is 46.3 Å². The van der Waals surface area contributed by atoms with Crippen LogP contribution >= 0.6 is 15.9 Å². The molecule has 3 rings (SSSR count). The van der Waals surface area contributed by atoms with Crippen molar-refractivity contribution < 1.29 is 9.59 Å². The summed E-state index contributed by atoms with van der Waals surface area (Å²) >= 11 is 3.41. The first kappa shape index (κ1) is 14.6. The molecule has 2 aromatic rings. The Labute approximate surface area is 135 Å². The summed E-state index contributed by atoms with van der Waals surface area (Å²) in [5.41, 5.74) is 1.85. The van der Waals surface area contributed by atoms with Crippen molar-refractivity contribution in [1.82, 2.24) is 20.2 Å². The number of carbonyl (C=O) groups is 2. The van der Waals surface area contributed by atoms with Crippen LogP contribution in [0.15, 0.2) is 41.1 Å². The van der Waals surface area contributed by atoms with Gasteiger partial charge in [-0.25, -0.2) is 9.97 Å². The third-order valence-electron chi connectivity index (χ3n) is 3.33. The molecule has 2 amide bonds. The maximum absolute atomic E-state index is 12.4. The SMILES string of the molecule is O=C1CN(C(=O)c2cc(-c3cccc(Br)c3)ncn2)CCN1. The van der Waals surface area contributed by atoms with Gasteiger partial charge in [0.15, 0.2) is 0 Å². The van der Waals surface area contributed by atoms with E-state index in [1.54, 1.807) is 6.07 Å². The molecule has 1 aliphatic heterocycles. The molecule has 0 atom stereocenters. The van der Waals surface area contributed by atoms with Gasteiger partial charge < -0.3 is 10.2 Å². The van der Waals surface area contributed by atoms with E-state index < -0.39 is 0 Å². The van der Waals surface area contributed by atoms with Crippen molar-refractivity contribution in [2.75, 3.05) is 19.6 Å². The summed E-state index contributed by atoms with van der Waals surface area (Å²) in [5.74, 6) is -0.408. The van der Waals surface area contributed by atoms with E-state index in [4.69, 9.17) is 0 Å². The highest BCUT2D eigenvalue weighted by atomic mass is 79.9. The predicted octanol–water partition coefficient (Wildman–Crippen LogP) is 1.48. The fraction of sp³-hybridized carbons (Fsp3) is 0.200. The molecule has 2 heterocycles. The molecule has 1 saturated heterocycles. The Kier molecular flexibility index (Phi) is 4.15. The molecule has 1 fully saturated rings. The number of benzene rings is 1. The Balaban J connectivity index is 1.87. The summed E-state index contributed by atoms with van der Waals surface area (Å²) in [7, 11) is 0. The van der Waals surface area contributed by atoms with Crippen LogP contribution in [0, 0.1) is 0 Å². The molecule has 7 heteroatoms. The molecule has 22 heavy (non-hydrogen) atoms. The number of hydrogen-bond acceptors (Lipinski definition) is 4. The maximum atomic E-state index is 12.4. The maximum Gasteiger partial charge on any atom is 0.273 e. The van der Waals surface area contributed by atoms with Crippen LogP contribution in [0.1, 0.15) is 10.5 Å². The minimum Gasteiger partial charge on any atom is -0.353 e. The van der Waals surface area contributed by atoms with E-state index in [0.29, 0.717) is 24.5 Å². The molecule has 1 aliphatic rings. The van der Waals surface area contributed by atoms with Crippen molar-refractivity contribution in [3.63, 3.8) is 0 Å². The Morgan fingerprint density at radius 2 is 2.14 bits per heavy atom. The smallest absolute Gasteiger partial charge is 0.273 e. The van der Waals surface area contributed by atoms with Gasteiger partial charge in [0, 0.05) is 23.1 Å². The number of carbonyl (C=O) groups excluding carboxylic acids is 2. The molecule has 0 saturated carbocycles. The Morgan fingerprint density at radius 1 is 1.27 bits per heavy atom. The Bertz CT molecular complexity index is 735. The van der Waals surface area contributed by atoms with Crippen molar-refractivity contribution in [2.45, 2.75) is 0 Å². The van der Waals surface area contributed by atoms with Gasteiger partial charge in [0.2, 0.25) is 5.91 Å². The first-order valence-electron chi connectivity index (χ1n) is 6.77. The molecule has 0 bridgehead atoms. The lowest BCUT2D eigenvalue weighted by molar-refractivity contribution is -0.123. The van der Waals surface area contributed by atoms with E-state index in [0.717, 1.165) is 10.0 Å². The zero-order valence-electron chi connectivity index (χ0n) is 11.6. The Hall–Kier alpha value is -2.28. The first-order valence-corrected chi connectivity index (χ1v) is 7.57. The number of nitrogens with zero attached hydrogens (tertiary/aromatic N) is 3. The zero-order chi connectivity index (χ0) is 15.5. The molecule has 1 aromatic heterocycles. The van der Waals surface area contributed by atoms with E-state index in [1.165, 1.54) is 11.2 Å². The number of rotatable bonds is 2. The lowest BCUT2D eigenvalue weighted by atomic mass is 10.1. The van der Waals surface area contributed by atoms with E-state index in [1.807, 2.05) is 24.3 Å². The van der Waals surface area contributed by atoms with Gasteiger partial charge in [0.1, 0.15) is 12.0 Å². The van der Waals surface area contributed by atoms with Crippen LogP contribution in [0.4, 0.5) is 0 Å². The second-order valence-corrected chi connectivity index (χ2v) is 5.79. The quantitative estimate of drug-likeness (QED) is 0.879. The molecular weight excluding hydrogens is 348 g/mol. The fourth-order valence-electron chi connectivity index (χ4n) is 2.25. The number of aromatic nitrogens is 2. The van der Waals surface area contributed by atoms with Crippen LogP contribution in [0.2, 0.25) is 0 Å². The summed E-state index contributed by atoms with van der Waals surface area (Å²) in [6.07, 6.45) is 1.37. The molecule has 0 spiro atoms. The van der Waals surface area contributed by atoms with Crippen LogP contribution < -0.4 is 5.32 Å². The number of nitrogens with one attached hydrogen (secondary N) is 1. The van der Waals surface area contributed by atoms with E-state index in [9.17, 15) is 9.59 Å². The van der Waals surface area contributed by atoms with Crippen molar-refractivity contribution in [1.29, 1.82) is 0 Å². The van der Waals surface area contributed by atoms with Crippen molar-refractivity contribution in [2.24, 2.45) is 0 Å². The molecule has 6 nitrogen and oxygen atoms in total. The number of hydrogen-bond donors (Lipinski definition) is 1. The number of amides is 2. The average molecular weight is 361 g/mol. The normalized spacial score (nSPS) is 14.6. The molecule has 0 radical (unpaired) electrons. The summed E-state index contributed by atoms with van der Waals surface area (Å²) < 4.78 is 0.934. The van der Waals surface area contributed by atoms with Gasteiger partial charge in [-0.2, -0.15) is 0 Å². The summed E-state index contributed by atoms with van der Waals surface area (Å²) in [4.78, 5) is 33.6. The lowest BCUT2D eigenvalue weighted by Crippen LogP contribution is -2.50. The van der Waals surface area contributed by atoms with Gasteiger partial charge in [-0.05, 0) is 18.2 Å². The van der Waals surface area contributed by atoms with Crippen molar-refractivity contribution in [3.8, 4) is 11.3 Å². The third kappa shape index (κ3) is 3.14. The van der Waals surface area contributed by atoms with E-state index in [-0.39, 0.29) is 18.4 Å². The zero-order valence-corrected chi connectivity index (χ0v) is 13.2. The van der Waals surface area contributed by atoms with Gasteiger partial charge >= 0.3 is 0 Å². The van der Waals surface area contributed by atoms with Gasteiger partial charge in [-0.1, -0.05) is 28.1 Å². The standard InChI is InChI=1S/C15H13BrN4O2/c16-11-3-1-2-10(6-11)12-7-13(19-9-18-12)15(22)20-5-4-17-14(21)8-20/h1-3,6-7,9H,4-5,8H2,(H,17,21). The van der Waals surface area contributed by atoms with Crippen LogP contribution in [0.5, 0.6) is 0 Å². The first-order chi connectivity index (χ1) is 10.6. The number of halogens is 1. The molecular formula is C15H13BrN4O2. The van der Waals surface area contributed by atoms with Crippen LogP contribution in [0.25, 0.3) is 11.3 Å². The van der Waals surface area contributed by atoms with Gasteiger partial charge in [-0.3, -0.25) is 9.59 Å². The van der Waals surface area contributed by atoms with Crippen LogP contribution in [0.3, 0.4) is 0 Å².